The number of halogens is 4. The van der Waals surface area contributed by atoms with Crippen LogP contribution in [0.3, 0.4) is 0 Å². The Balaban J connectivity index is 1.65. The predicted octanol–water partition coefficient (Wildman–Crippen LogP) is 5.22. The van der Waals surface area contributed by atoms with Crippen LogP contribution in [0.2, 0.25) is 0 Å². The van der Waals surface area contributed by atoms with Crippen LogP contribution in [-0.2, 0) is 9.47 Å². The summed E-state index contributed by atoms with van der Waals surface area (Å²) in [5.74, 6) is 2.06. The maximum Gasteiger partial charge on any atom is 0.420 e. The first-order valence-electron chi connectivity index (χ1n) is 10.0. The molecule has 0 heterocycles. The quantitative estimate of drug-likeness (QED) is 0.283. The van der Waals surface area contributed by atoms with Gasteiger partial charge >= 0.3 is 6.18 Å². The van der Waals surface area contributed by atoms with Gasteiger partial charge in [0.25, 0.3) is 0 Å². The van der Waals surface area contributed by atoms with Crippen molar-refractivity contribution in [3.8, 4) is 0 Å². The Morgan fingerprint density at radius 3 is 2.23 bits per heavy atom. The summed E-state index contributed by atoms with van der Waals surface area (Å²) in [4.78, 5) is 0. The van der Waals surface area contributed by atoms with E-state index in [1.165, 1.54) is 0 Å². The lowest BCUT2D eigenvalue weighted by molar-refractivity contribution is -0.341. The average molecular weight is 378 g/mol. The Labute approximate surface area is 153 Å². The van der Waals surface area contributed by atoms with Gasteiger partial charge in [0, 0.05) is 6.61 Å². The zero-order chi connectivity index (χ0) is 19.1. The van der Waals surface area contributed by atoms with Crippen molar-refractivity contribution in [2.24, 2.45) is 47.3 Å². The molecule has 10 atom stereocenters. The number of fused-ring (bicyclic) bond motifs is 9. The van der Waals surface area contributed by atoms with Crippen molar-refractivity contribution < 1.29 is 27.0 Å². The number of hydrogen-bond acceptors (Lipinski definition) is 2. The highest BCUT2D eigenvalue weighted by Crippen LogP contribution is 2.75. The van der Waals surface area contributed by atoms with E-state index in [0.717, 1.165) is 13.3 Å². The molecule has 0 aromatic heterocycles. The Morgan fingerprint density at radius 1 is 1.04 bits per heavy atom. The molecule has 6 heteroatoms. The zero-order valence-corrected chi connectivity index (χ0v) is 16.0. The Hall–Kier alpha value is -0.360. The summed E-state index contributed by atoms with van der Waals surface area (Å²) in [5, 5.41) is 0. The molecule has 0 aliphatic heterocycles. The molecule has 0 radical (unpaired) electrons. The van der Waals surface area contributed by atoms with Crippen LogP contribution in [0.1, 0.15) is 47.0 Å². The summed E-state index contributed by atoms with van der Waals surface area (Å²) in [6.45, 7) is 6.77. The first-order chi connectivity index (χ1) is 12.1. The molecule has 0 spiro atoms. The van der Waals surface area contributed by atoms with Crippen LogP contribution >= 0.6 is 0 Å². The van der Waals surface area contributed by atoms with Gasteiger partial charge in [-0.25, -0.2) is 4.39 Å². The van der Waals surface area contributed by atoms with Gasteiger partial charge in [-0.1, -0.05) is 13.8 Å². The van der Waals surface area contributed by atoms with Crippen molar-refractivity contribution >= 4 is 0 Å². The molecule has 4 saturated carbocycles. The summed E-state index contributed by atoms with van der Waals surface area (Å²) < 4.78 is 68.4. The number of rotatable bonds is 5. The first-order valence-corrected chi connectivity index (χ1v) is 10.0. The molecular formula is C20H30F4O2. The lowest BCUT2D eigenvalue weighted by Crippen LogP contribution is -2.65. The molecule has 0 aromatic rings. The van der Waals surface area contributed by atoms with Crippen molar-refractivity contribution in [2.45, 2.75) is 64.4 Å². The van der Waals surface area contributed by atoms with Crippen molar-refractivity contribution in [3.63, 3.8) is 0 Å². The zero-order valence-electron chi connectivity index (χ0n) is 16.0. The minimum Gasteiger partial charge on any atom is -0.356 e. The molecule has 0 amide bonds. The topological polar surface area (TPSA) is 18.5 Å². The number of hydrogen-bond donors (Lipinski definition) is 0. The normalized spacial score (nSPS) is 51.7. The van der Waals surface area contributed by atoms with Gasteiger partial charge in [0.1, 0.15) is 6.79 Å². The Kier molecular flexibility index (Phi) is 4.25. The molecule has 4 rings (SSSR count). The van der Waals surface area contributed by atoms with E-state index in [4.69, 9.17) is 9.47 Å². The van der Waals surface area contributed by atoms with Gasteiger partial charge in [-0.2, -0.15) is 13.2 Å². The van der Waals surface area contributed by atoms with Crippen LogP contribution in [0.25, 0.3) is 0 Å². The summed E-state index contributed by atoms with van der Waals surface area (Å²) >= 11 is 0. The van der Waals surface area contributed by atoms with Crippen molar-refractivity contribution in [1.82, 2.24) is 0 Å². The van der Waals surface area contributed by atoms with Crippen molar-refractivity contribution in [3.05, 3.63) is 0 Å². The van der Waals surface area contributed by atoms with E-state index < -0.39 is 30.2 Å². The monoisotopic (exact) mass is 378 g/mol. The van der Waals surface area contributed by atoms with Gasteiger partial charge in [-0.3, -0.25) is 0 Å². The van der Waals surface area contributed by atoms with E-state index in [0.29, 0.717) is 36.0 Å². The lowest BCUT2D eigenvalue weighted by Gasteiger charge is -2.51. The average Bonchev–Trinajstić information content (AvgIpc) is 3.26. The fourth-order valence-electron chi connectivity index (χ4n) is 7.45. The van der Waals surface area contributed by atoms with E-state index in [9.17, 15) is 13.2 Å². The Bertz CT molecular complexity index is 567. The molecule has 0 aromatic carbocycles. The number of alkyl halides is 4. The largest absolute Gasteiger partial charge is 0.420 e. The highest BCUT2D eigenvalue weighted by Gasteiger charge is 2.78. The van der Waals surface area contributed by atoms with Crippen LogP contribution < -0.4 is 0 Å². The standard InChI is InChI=1S/C20H30F4O2/c1-5-25-9-26-18(4,20(22,23)24)19(21)8-12-6-15(19)17-14-7-13(16(12)17)10(2)11(14)3/h10-17H,5-9H2,1-4H3. The predicted molar refractivity (Wildman–Crippen MR) is 89.0 cm³/mol. The van der Waals surface area contributed by atoms with E-state index in [1.54, 1.807) is 6.92 Å². The fraction of sp³-hybridized carbons (Fsp3) is 1.00. The molecule has 2 nitrogen and oxygen atoms in total. The van der Waals surface area contributed by atoms with Crippen LogP contribution in [0.4, 0.5) is 17.6 Å². The fourth-order valence-corrected chi connectivity index (χ4v) is 7.45. The summed E-state index contributed by atoms with van der Waals surface area (Å²) in [5.41, 5.74) is -5.17. The summed E-state index contributed by atoms with van der Waals surface area (Å²) in [7, 11) is 0. The highest BCUT2D eigenvalue weighted by molar-refractivity contribution is 5.23. The van der Waals surface area contributed by atoms with Crippen molar-refractivity contribution in [2.75, 3.05) is 13.4 Å². The third kappa shape index (κ3) is 2.17. The molecule has 4 aliphatic carbocycles. The van der Waals surface area contributed by atoms with E-state index >= 15 is 4.39 Å². The van der Waals surface area contributed by atoms with Gasteiger partial charge in [-0.15, -0.1) is 0 Å². The Morgan fingerprint density at radius 2 is 1.65 bits per heavy atom. The molecular weight excluding hydrogens is 348 g/mol. The van der Waals surface area contributed by atoms with Crippen LogP contribution in [-0.4, -0.2) is 30.8 Å². The molecule has 4 fully saturated rings. The van der Waals surface area contributed by atoms with Crippen LogP contribution in [0, 0.1) is 47.3 Å². The van der Waals surface area contributed by atoms with Gasteiger partial charge < -0.3 is 9.47 Å². The van der Waals surface area contributed by atoms with Gasteiger partial charge in [0.05, 0.1) is 0 Å². The second-order valence-corrected chi connectivity index (χ2v) is 9.39. The van der Waals surface area contributed by atoms with E-state index in [1.807, 2.05) is 0 Å². The van der Waals surface area contributed by atoms with E-state index in [-0.39, 0.29) is 24.9 Å². The number of ether oxygens (including phenoxy) is 2. The second-order valence-electron chi connectivity index (χ2n) is 9.39. The van der Waals surface area contributed by atoms with Gasteiger partial charge in [0.2, 0.25) is 0 Å². The van der Waals surface area contributed by atoms with Crippen LogP contribution in [0.15, 0.2) is 0 Å². The maximum atomic E-state index is 16.3. The summed E-state index contributed by atoms with van der Waals surface area (Å²) in [6.07, 6.45) is -3.13. The molecule has 26 heavy (non-hydrogen) atoms. The second kappa shape index (κ2) is 5.82. The highest BCUT2D eigenvalue weighted by atomic mass is 19.4. The van der Waals surface area contributed by atoms with Gasteiger partial charge in [0.15, 0.2) is 11.3 Å². The minimum atomic E-state index is -4.77. The third-order valence-corrected chi connectivity index (χ3v) is 8.84. The molecule has 4 bridgehead atoms. The molecule has 4 aliphatic rings. The smallest absolute Gasteiger partial charge is 0.356 e. The molecule has 0 saturated heterocycles. The molecule has 150 valence electrons. The van der Waals surface area contributed by atoms with Crippen molar-refractivity contribution in [1.29, 1.82) is 0 Å². The van der Waals surface area contributed by atoms with Gasteiger partial charge in [-0.05, 0) is 80.5 Å². The first kappa shape index (κ1) is 19.0. The minimum absolute atomic E-state index is 0.0225. The third-order valence-electron chi connectivity index (χ3n) is 8.84. The van der Waals surface area contributed by atoms with E-state index in [2.05, 4.69) is 13.8 Å². The lowest BCUT2D eigenvalue weighted by atomic mass is 9.58. The maximum absolute atomic E-state index is 16.3. The summed E-state index contributed by atoms with van der Waals surface area (Å²) in [6, 6.07) is 0. The van der Waals surface area contributed by atoms with Crippen LogP contribution in [0.5, 0.6) is 0 Å². The molecule has 0 N–H and O–H groups in total. The SMILES string of the molecule is CCOCOC(C)(C(F)(F)F)C1(F)CC2CC1C1C3CC(C(C)C3C)C21. The molecule has 10 unspecified atom stereocenters.